The van der Waals surface area contributed by atoms with Gasteiger partial charge in [0.15, 0.2) is 0 Å². The molecule has 0 aliphatic carbocycles. The summed E-state index contributed by atoms with van der Waals surface area (Å²) < 4.78 is 6.01. The Morgan fingerprint density at radius 3 is 2.50 bits per heavy atom. The Kier molecular flexibility index (Phi) is 7.56. The van der Waals surface area contributed by atoms with Gasteiger partial charge in [-0.3, -0.25) is 9.69 Å². The van der Waals surface area contributed by atoms with Gasteiger partial charge in [0.2, 0.25) is 0 Å². The molecule has 1 rings (SSSR count). The highest BCUT2D eigenvalue weighted by atomic mass is 79.9. The fourth-order valence-electron chi connectivity index (χ4n) is 2.25. The summed E-state index contributed by atoms with van der Waals surface area (Å²) in [7, 11) is 0. The molecular weight excluding hydrogens is 342 g/mol. The number of carbonyl (C=O) groups excluding carboxylic acids is 1. The number of carbonyl (C=O) groups is 1. The summed E-state index contributed by atoms with van der Waals surface area (Å²) in [5, 5.41) is 0.676. The van der Waals surface area contributed by atoms with Crippen LogP contribution in [-0.4, -0.2) is 30.6 Å². The van der Waals surface area contributed by atoms with E-state index in [9.17, 15) is 4.79 Å². The van der Waals surface area contributed by atoms with Gasteiger partial charge in [0.1, 0.15) is 0 Å². The van der Waals surface area contributed by atoms with Crippen LogP contribution in [0.3, 0.4) is 0 Å². The summed E-state index contributed by atoms with van der Waals surface area (Å²) in [6.45, 7) is 8.15. The van der Waals surface area contributed by atoms with Crippen LogP contribution in [0, 0.1) is 0 Å². The van der Waals surface area contributed by atoms with Crippen LogP contribution in [0.15, 0.2) is 22.7 Å². The third kappa shape index (κ3) is 4.76. The smallest absolute Gasteiger partial charge is 0.307 e. The second-order valence-electron chi connectivity index (χ2n) is 4.41. The molecule has 1 unspecified atom stereocenters. The van der Waals surface area contributed by atoms with Gasteiger partial charge in [-0.05, 0) is 37.7 Å². The van der Waals surface area contributed by atoms with Crippen molar-refractivity contribution in [2.24, 2.45) is 0 Å². The predicted molar refractivity (Wildman–Crippen MR) is 86.1 cm³/mol. The summed E-state index contributed by atoms with van der Waals surface area (Å²) in [5.74, 6) is -0.175. The van der Waals surface area contributed by atoms with Crippen molar-refractivity contribution in [1.29, 1.82) is 0 Å². The van der Waals surface area contributed by atoms with Crippen molar-refractivity contribution in [3.05, 3.63) is 33.3 Å². The van der Waals surface area contributed by atoms with Crippen molar-refractivity contribution in [3.8, 4) is 0 Å². The SMILES string of the molecule is CCOC(=O)CC(c1ccc(Cl)cc1Br)N(CC)CC. The Bertz CT molecular complexity index is 449. The van der Waals surface area contributed by atoms with Gasteiger partial charge in [0, 0.05) is 15.5 Å². The molecule has 0 bridgehead atoms. The molecular formula is C15H21BrClNO2. The molecule has 0 radical (unpaired) electrons. The van der Waals surface area contributed by atoms with Crippen LogP contribution in [0.2, 0.25) is 5.02 Å². The van der Waals surface area contributed by atoms with E-state index in [1.807, 2.05) is 25.1 Å². The molecule has 0 amide bonds. The van der Waals surface area contributed by atoms with Gasteiger partial charge in [-0.25, -0.2) is 0 Å². The maximum atomic E-state index is 11.9. The summed E-state index contributed by atoms with van der Waals surface area (Å²) in [6.07, 6.45) is 0.343. The minimum Gasteiger partial charge on any atom is -0.466 e. The Morgan fingerprint density at radius 2 is 2.00 bits per heavy atom. The Labute approximate surface area is 134 Å². The van der Waals surface area contributed by atoms with Crippen LogP contribution >= 0.6 is 27.5 Å². The molecule has 1 aromatic rings. The van der Waals surface area contributed by atoms with Crippen LogP contribution in [0.4, 0.5) is 0 Å². The molecule has 0 aliphatic rings. The molecule has 112 valence electrons. The third-order valence-electron chi connectivity index (χ3n) is 3.24. The molecule has 0 aromatic heterocycles. The van der Waals surface area contributed by atoms with Crippen LogP contribution < -0.4 is 0 Å². The van der Waals surface area contributed by atoms with E-state index in [0.29, 0.717) is 18.1 Å². The van der Waals surface area contributed by atoms with Crippen molar-refractivity contribution in [2.45, 2.75) is 33.2 Å². The Morgan fingerprint density at radius 1 is 1.35 bits per heavy atom. The van der Waals surface area contributed by atoms with E-state index < -0.39 is 0 Å². The maximum absolute atomic E-state index is 11.9. The zero-order valence-electron chi connectivity index (χ0n) is 12.2. The number of hydrogen-bond donors (Lipinski definition) is 0. The minimum atomic E-state index is -0.175. The molecule has 1 atom stereocenters. The lowest BCUT2D eigenvalue weighted by Gasteiger charge is -2.30. The first-order valence-corrected chi connectivity index (χ1v) is 8.05. The lowest BCUT2D eigenvalue weighted by molar-refractivity contribution is -0.144. The van der Waals surface area contributed by atoms with Crippen molar-refractivity contribution >= 4 is 33.5 Å². The number of hydrogen-bond acceptors (Lipinski definition) is 3. The van der Waals surface area contributed by atoms with Gasteiger partial charge >= 0.3 is 5.97 Å². The van der Waals surface area contributed by atoms with E-state index in [4.69, 9.17) is 16.3 Å². The average Bonchev–Trinajstić information content (AvgIpc) is 2.39. The second kappa shape index (κ2) is 8.65. The lowest BCUT2D eigenvalue weighted by Crippen LogP contribution is -2.31. The van der Waals surface area contributed by atoms with Crippen LogP contribution in [-0.2, 0) is 9.53 Å². The quantitative estimate of drug-likeness (QED) is 0.672. The molecule has 0 aliphatic heterocycles. The van der Waals surface area contributed by atoms with Crippen molar-refractivity contribution < 1.29 is 9.53 Å². The molecule has 0 N–H and O–H groups in total. The Balaban J connectivity index is 3.05. The average molecular weight is 363 g/mol. The van der Waals surface area contributed by atoms with Crippen LogP contribution in [0.1, 0.15) is 38.8 Å². The third-order valence-corrected chi connectivity index (χ3v) is 4.16. The first-order chi connectivity index (χ1) is 9.53. The first kappa shape index (κ1) is 17.5. The van der Waals surface area contributed by atoms with E-state index in [-0.39, 0.29) is 12.0 Å². The number of nitrogens with zero attached hydrogens (tertiary/aromatic N) is 1. The minimum absolute atomic E-state index is 0.00399. The number of benzene rings is 1. The van der Waals surface area contributed by atoms with E-state index in [0.717, 1.165) is 23.1 Å². The predicted octanol–water partition coefficient (Wildman–Crippen LogP) is 4.44. The van der Waals surface area contributed by atoms with Gasteiger partial charge in [-0.15, -0.1) is 0 Å². The van der Waals surface area contributed by atoms with Crippen molar-refractivity contribution in [1.82, 2.24) is 4.90 Å². The molecule has 0 spiro atoms. The highest BCUT2D eigenvalue weighted by Gasteiger charge is 2.24. The van der Waals surface area contributed by atoms with Gasteiger partial charge in [0.05, 0.1) is 13.0 Å². The number of halogens is 2. The van der Waals surface area contributed by atoms with Gasteiger partial charge in [0.25, 0.3) is 0 Å². The fraction of sp³-hybridized carbons (Fsp3) is 0.533. The number of esters is 1. The number of rotatable bonds is 7. The molecule has 0 heterocycles. The molecule has 0 saturated carbocycles. The largest absolute Gasteiger partial charge is 0.466 e. The van der Waals surface area contributed by atoms with E-state index >= 15 is 0 Å². The van der Waals surface area contributed by atoms with Crippen LogP contribution in [0.25, 0.3) is 0 Å². The summed E-state index contributed by atoms with van der Waals surface area (Å²) >= 11 is 9.53. The summed E-state index contributed by atoms with van der Waals surface area (Å²) in [4.78, 5) is 14.1. The highest BCUT2D eigenvalue weighted by molar-refractivity contribution is 9.10. The zero-order valence-corrected chi connectivity index (χ0v) is 14.5. The monoisotopic (exact) mass is 361 g/mol. The normalized spacial score (nSPS) is 12.5. The summed E-state index contributed by atoms with van der Waals surface area (Å²) in [5.41, 5.74) is 1.06. The molecule has 1 aromatic carbocycles. The number of ether oxygens (including phenoxy) is 1. The lowest BCUT2D eigenvalue weighted by atomic mass is 10.0. The zero-order chi connectivity index (χ0) is 15.1. The maximum Gasteiger partial charge on any atom is 0.307 e. The molecule has 0 fully saturated rings. The first-order valence-electron chi connectivity index (χ1n) is 6.88. The van der Waals surface area contributed by atoms with Crippen molar-refractivity contribution in [2.75, 3.05) is 19.7 Å². The molecule has 0 saturated heterocycles. The topological polar surface area (TPSA) is 29.5 Å². The van der Waals surface area contributed by atoms with Gasteiger partial charge < -0.3 is 4.74 Å². The molecule has 20 heavy (non-hydrogen) atoms. The highest BCUT2D eigenvalue weighted by Crippen LogP contribution is 2.32. The van der Waals surface area contributed by atoms with Crippen molar-refractivity contribution in [3.63, 3.8) is 0 Å². The Hall–Kier alpha value is -0.580. The summed E-state index contributed by atoms with van der Waals surface area (Å²) in [6, 6.07) is 5.67. The molecule has 5 heteroatoms. The standard InChI is InChI=1S/C15H21BrClNO2/c1-4-18(5-2)14(10-15(19)20-6-3)12-8-7-11(17)9-13(12)16/h7-9,14H,4-6,10H2,1-3H3. The van der Waals surface area contributed by atoms with E-state index in [1.54, 1.807) is 0 Å². The van der Waals surface area contributed by atoms with Gasteiger partial charge in [-0.2, -0.15) is 0 Å². The molecule has 3 nitrogen and oxygen atoms in total. The van der Waals surface area contributed by atoms with E-state index in [1.165, 1.54) is 0 Å². The fourth-order valence-corrected chi connectivity index (χ4v) is 3.20. The van der Waals surface area contributed by atoms with Crippen LogP contribution in [0.5, 0.6) is 0 Å². The second-order valence-corrected chi connectivity index (χ2v) is 5.70. The van der Waals surface area contributed by atoms with Gasteiger partial charge in [-0.1, -0.05) is 47.4 Å². The van der Waals surface area contributed by atoms with E-state index in [2.05, 4.69) is 34.7 Å².